The molecule has 2 aromatic heterocycles. The Hall–Kier alpha value is -2.54. The van der Waals surface area contributed by atoms with Crippen molar-refractivity contribution in [1.82, 2.24) is 20.1 Å². The molecule has 0 aliphatic carbocycles. The molecule has 30 heavy (non-hydrogen) atoms. The van der Waals surface area contributed by atoms with E-state index in [-0.39, 0.29) is 11.3 Å². The number of amides is 1. The van der Waals surface area contributed by atoms with Gasteiger partial charge in [0.25, 0.3) is 0 Å². The number of aromatic nitrogens is 3. The van der Waals surface area contributed by atoms with E-state index in [1.165, 1.54) is 34.0 Å². The molecule has 0 bridgehead atoms. The number of carbonyl (C=O) groups excluding carboxylic acids is 1. The molecular formula is C23H30N4O2S. The molecule has 160 valence electrons. The van der Waals surface area contributed by atoms with Crippen LogP contribution in [0.3, 0.4) is 0 Å². The lowest BCUT2D eigenvalue weighted by atomic mass is 9.83. The molecule has 1 aromatic carbocycles. The number of furan rings is 1. The molecular weight excluding hydrogens is 396 g/mol. The Morgan fingerprint density at radius 1 is 1.23 bits per heavy atom. The second-order valence-electron chi connectivity index (χ2n) is 8.55. The van der Waals surface area contributed by atoms with Gasteiger partial charge in [-0.1, -0.05) is 44.7 Å². The Morgan fingerprint density at radius 2 is 1.97 bits per heavy atom. The van der Waals surface area contributed by atoms with Gasteiger partial charge in [-0.3, -0.25) is 4.79 Å². The highest BCUT2D eigenvalue weighted by Crippen LogP contribution is 2.27. The summed E-state index contributed by atoms with van der Waals surface area (Å²) in [5.74, 6) is 1.12. The van der Waals surface area contributed by atoms with Crippen LogP contribution in [0.2, 0.25) is 0 Å². The number of benzene rings is 1. The van der Waals surface area contributed by atoms with E-state index in [1.807, 2.05) is 16.7 Å². The van der Waals surface area contributed by atoms with Crippen LogP contribution in [0.1, 0.15) is 48.8 Å². The SMILES string of the molecule is Cc1cc(C(C)(C)C)cc(C)c1CCNC(=O)CSc1nncn1Cc1ccco1. The highest BCUT2D eigenvalue weighted by Gasteiger charge is 2.16. The van der Waals surface area contributed by atoms with Crippen molar-refractivity contribution in [3.63, 3.8) is 0 Å². The standard InChI is InChI=1S/C23H30N4O2S/c1-16-11-18(23(3,4)5)12-17(2)20(16)8-9-24-21(28)14-30-22-26-25-15-27(22)13-19-7-6-10-29-19/h6-7,10-12,15H,8-9,13-14H2,1-5H3,(H,24,28). The van der Waals surface area contributed by atoms with Crippen molar-refractivity contribution >= 4 is 17.7 Å². The van der Waals surface area contributed by atoms with E-state index in [4.69, 9.17) is 4.42 Å². The summed E-state index contributed by atoms with van der Waals surface area (Å²) in [6, 6.07) is 8.29. The minimum atomic E-state index is -0.00540. The van der Waals surface area contributed by atoms with Crippen LogP contribution in [-0.4, -0.2) is 33.0 Å². The molecule has 0 fully saturated rings. The lowest BCUT2D eigenvalue weighted by Crippen LogP contribution is -2.27. The Bertz CT molecular complexity index is 964. The molecule has 7 heteroatoms. The molecule has 3 rings (SSSR count). The topological polar surface area (TPSA) is 73.0 Å². The molecule has 0 atom stereocenters. The van der Waals surface area contributed by atoms with Crippen molar-refractivity contribution in [3.05, 3.63) is 64.9 Å². The number of nitrogens with one attached hydrogen (secondary N) is 1. The van der Waals surface area contributed by atoms with Crippen LogP contribution < -0.4 is 5.32 Å². The van der Waals surface area contributed by atoms with Crippen LogP contribution >= 0.6 is 11.8 Å². The van der Waals surface area contributed by atoms with Crippen molar-refractivity contribution in [2.75, 3.05) is 12.3 Å². The van der Waals surface area contributed by atoms with E-state index in [0.717, 1.165) is 12.2 Å². The Kier molecular flexibility index (Phi) is 7.02. The van der Waals surface area contributed by atoms with E-state index < -0.39 is 0 Å². The third-order valence-electron chi connectivity index (χ3n) is 5.08. The molecule has 1 amide bonds. The van der Waals surface area contributed by atoms with E-state index >= 15 is 0 Å². The second-order valence-corrected chi connectivity index (χ2v) is 9.49. The molecule has 0 aliphatic heterocycles. The van der Waals surface area contributed by atoms with E-state index in [0.29, 0.717) is 24.0 Å². The maximum atomic E-state index is 12.3. The first-order valence-electron chi connectivity index (χ1n) is 10.1. The summed E-state index contributed by atoms with van der Waals surface area (Å²) in [4.78, 5) is 12.3. The van der Waals surface area contributed by atoms with Gasteiger partial charge in [0.05, 0.1) is 18.6 Å². The van der Waals surface area contributed by atoms with Gasteiger partial charge in [-0.2, -0.15) is 0 Å². The van der Waals surface area contributed by atoms with Crippen molar-refractivity contribution in [1.29, 1.82) is 0 Å². The summed E-state index contributed by atoms with van der Waals surface area (Å²) in [6.07, 6.45) is 4.11. The van der Waals surface area contributed by atoms with Gasteiger partial charge in [-0.25, -0.2) is 0 Å². The lowest BCUT2D eigenvalue weighted by Gasteiger charge is -2.22. The number of hydrogen-bond donors (Lipinski definition) is 1. The molecule has 0 spiro atoms. The molecule has 0 saturated heterocycles. The molecule has 0 radical (unpaired) electrons. The molecule has 0 unspecified atom stereocenters. The Balaban J connectivity index is 1.49. The first kappa shape index (κ1) is 22.2. The average molecular weight is 427 g/mol. The Labute approximate surface area is 182 Å². The second kappa shape index (κ2) is 9.51. The quantitative estimate of drug-likeness (QED) is 0.544. The summed E-state index contributed by atoms with van der Waals surface area (Å²) >= 11 is 1.38. The van der Waals surface area contributed by atoms with Gasteiger partial charge in [-0.15, -0.1) is 10.2 Å². The van der Waals surface area contributed by atoms with Crippen LogP contribution in [0, 0.1) is 13.8 Å². The fourth-order valence-corrected chi connectivity index (χ4v) is 4.11. The molecule has 3 aromatic rings. The van der Waals surface area contributed by atoms with Crippen LogP contribution in [-0.2, 0) is 23.2 Å². The van der Waals surface area contributed by atoms with Gasteiger partial charge in [-0.05, 0) is 60.1 Å². The van der Waals surface area contributed by atoms with Crippen LogP contribution in [0.15, 0.2) is 46.4 Å². The van der Waals surface area contributed by atoms with Crippen LogP contribution in [0.4, 0.5) is 0 Å². The molecule has 6 nitrogen and oxygen atoms in total. The number of nitrogens with zero attached hydrogens (tertiary/aromatic N) is 3. The number of carbonyl (C=O) groups is 1. The van der Waals surface area contributed by atoms with Crippen molar-refractivity contribution in [3.8, 4) is 0 Å². The molecule has 2 heterocycles. The summed E-state index contributed by atoms with van der Waals surface area (Å²) in [7, 11) is 0. The van der Waals surface area contributed by atoms with Gasteiger partial charge < -0.3 is 14.3 Å². The summed E-state index contributed by atoms with van der Waals surface area (Å²) in [6.45, 7) is 12.2. The van der Waals surface area contributed by atoms with Crippen molar-refractivity contribution < 1.29 is 9.21 Å². The highest BCUT2D eigenvalue weighted by atomic mass is 32.2. The van der Waals surface area contributed by atoms with Gasteiger partial charge in [0.1, 0.15) is 12.1 Å². The smallest absolute Gasteiger partial charge is 0.230 e. The third-order valence-corrected chi connectivity index (χ3v) is 6.06. The number of hydrogen-bond acceptors (Lipinski definition) is 5. The molecule has 0 saturated carbocycles. The van der Waals surface area contributed by atoms with Crippen LogP contribution in [0.5, 0.6) is 0 Å². The Morgan fingerprint density at radius 3 is 2.60 bits per heavy atom. The van der Waals surface area contributed by atoms with Gasteiger partial charge >= 0.3 is 0 Å². The zero-order chi connectivity index (χ0) is 21.7. The number of aryl methyl sites for hydroxylation is 2. The summed E-state index contributed by atoms with van der Waals surface area (Å²) < 4.78 is 7.24. The highest BCUT2D eigenvalue weighted by molar-refractivity contribution is 7.99. The number of thioether (sulfide) groups is 1. The van der Waals surface area contributed by atoms with E-state index in [9.17, 15) is 4.79 Å². The van der Waals surface area contributed by atoms with Crippen LogP contribution in [0.25, 0.3) is 0 Å². The average Bonchev–Trinajstić information content (AvgIpc) is 3.33. The molecule has 1 N–H and O–H groups in total. The minimum absolute atomic E-state index is 0.00540. The minimum Gasteiger partial charge on any atom is -0.467 e. The normalized spacial score (nSPS) is 11.6. The van der Waals surface area contributed by atoms with E-state index in [2.05, 4.69) is 62.3 Å². The predicted octanol–water partition coefficient (Wildman–Crippen LogP) is 4.28. The predicted molar refractivity (Wildman–Crippen MR) is 120 cm³/mol. The van der Waals surface area contributed by atoms with Gasteiger partial charge in [0.15, 0.2) is 5.16 Å². The monoisotopic (exact) mass is 426 g/mol. The first-order chi connectivity index (χ1) is 14.2. The van der Waals surface area contributed by atoms with E-state index in [1.54, 1.807) is 12.6 Å². The fraction of sp³-hybridized carbons (Fsp3) is 0.435. The van der Waals surface area contributed by atoms with Crippen molar-refractivity contribution in [2.45, 2.75) is 58.2 Å². The van der Waals surface area contributed by atoms with Gasteiger partial charge in [0.2, 0.25) is 5.91 Å². The summed E-state index contributed by atoms with van der Waals surface area (Å²) in [5, 5.41) is 11.8. The zero-order valence-electron chi connectivity index (χ0n) is 18.4. The first-order valence-corrected chi connectivity index (χ1v) is 11.1. The molecule has 0 aliphatic rings. The van der Waals surface area contributed by atoms with Crippen molar-refractivity contribution in [2.24, 2.45) is 0 Å². The maximum Gasteiger partial charge on any atom is 0.230 e. The third kappa shape index (κ3) is 5.75. The maximum absolute atomic E-state index is 12.3. The summed E-state index contributed by atoms with van der Waals surface area (Å²) in [5.41, 5.74) is 5.37. The lowest BCUT2D eigenvalue weighted by molar-refractivity contribution is -0.118. The largest absolute Gasteiger partial charge is 0.467 e. The number of rotatable bonds is 8. The van der Waals surface area contributed by atoms with Gasteiger partial charge in [0, 0.05) is 6.54 Å². The zero-order valence-corrected chi connectivity index (χ0v) is 19.2. The fourth-order valence-electron chi connectivity index (χ4n) is 3.36.